The Balaban J connectivity index is 1.11. The lowest BCUT2D eigenvalue weighted by Crippen LogP contribution is -2.13. The van der Waals surface area contributed by atoms with Gasteiger partial charge in [-0.3, -0.25) is 20.2 Å². The highest BCUT2D eigenvalue weighted by molar-refractivity contribution is 5.54. The van der Waals surface area contributed by atoms with Gasteiger partial charge >= 0.3 is 0 Å². The molecule has 1 heterocycles. The lowest BCUT2D eigenvalue weighted by Gasteiger charge is -2.13. The second-order valence-corrected chi connectivity index (χ2v) is 14.1. The monoisotopic (exact) mass is 922 g/mol. The summed E-state index contributed by atoms with van der Waals surface area (Å²) in [6, 6.07) is 17.8. The van der Waals surface area contributed by atoms with E-state index in [1.807, 2.05) is 0 Å². The van der Waals surface area contributed by atoms with Crippen molar-refractivity contribution in [1.82, 2.24) is 0 Å². The molecule has 0 spiro atoms. The number of nitrogens with zero attached hydrogens (tertiary/aromatic N) is 6. The van der Waals surface area contributed by atoms with Crippen LogP contribution >= 0.6 is 0 Å². The van der Waals surface area contributed by atoms with Crippen LogP contribution in [0.3, 0.4) is 0 Å². The zero-order valence-electron chi connectivity index (χ0n) is 36.4. The average Bonchev–Trinajstić information content (AvgIpc) is 3.32. The lowest BCUT2D eigenvalue weighted by atomic mass is 10.1. The molecular weight excluding hydrogens is 869 g/mol. The van der Waals surface area contributed by atoms with Crippen LogP contribution < -0.4 is 0 Å². The molecule has 0 saturated heterocycles. The largest absolute Gasteiger partial charge is 0.507 e. The molecule has 4 bridgehead atoms. The number of phenolic OH excluding ortho intramolecular Hbond substituents is 2. The zero-order valence-corrected chi connectivity index (χ0v) is 36.4. The third-order valence-corrected chi connectivity index (χ3v) is 9.19. The number of benzene rings is 4. The molecule has 0 aromatic heterocycles. The summed E-state index contributed by atoms with van der Waals surface area (Å²) >= 11 is 0. The summed E-state index contributed by atoms with van der Waals surface area (Å²) in [4.78, 5) is 21.0. The maximum Gasteiger partial charge on any atom is 0.269 e. The molecule has 4 aromatic rings. The lowest BCUT2D eigenvalue weighted by molar-refractivity contribution is -0.385. The summed E-state index contributed by atoms with van der Waals surface area (Å²) in [6.45, 7) is 4.90. The minimum absolute atomic E-state index is 0.00966. The van der Waals surface area contributed by atoms with Crippen LogP contribution in [0.5, 0.6) is 11.5 Å². The topological polar surface area (TPSA) is 268 Å². The summed E-state index contributed by atoms with van der Waals surface area (Å²) in [7, 11) is 0. The van der Waals surface area contributed by atoms with E-state index in [2.05, 4.69) is 20.5 Å². The Bertz CT molecular complexity index is 1920. The number of hydrogen-bond donors (Lipinski definition) is 2. The highest BCUT2D eigenvalue weighted by Crippen LogP contribution is 2.33. The van der Waals surface area contributed by atoms with Crippen LogP contribution in [0.4, 0.5) is 34.1 Å². The quantitative estimate of drug-likeness (QED) is 0.107. The van der Waals surface area contributed by atoms with Crippen LogP contribution in [0, 0.1) is 20.2 Å². The van der Waals surface area contributed by atoms with Crippen molar-refractivity contribution in [3.05, 3.63) is 115 Å². The second-order valence-electron chi connectivity index (χ2n) is 14.1. The Morgan fingerprint density at radius 2 is 0.561 bits per heavy atom. The molecule has 2 N–H and O–H groups in total. The van der Waals surface area contributed by atoms with Crippen molar-refractivity contribution >= 4 is 34.1 Å². The Hall–Kier alpha value is -5.92. The number of aromatic hydroxyl groups is 2. The number of non-ortho nitro benzene ring substituents is 2. The minimum atomic E-state index is -0.495. The molecule has 0 radical (unpaired) electrons. The van der Waals surface area contributed by atoms with Crippen LogP contribution in [-0.4, -0.2) is 126 Å². The number of ether oxygens (including phenoxy) is 10. The van der Waals surface area contributed by atoms with Gasteiger partial charge in [-0.1, -0.05) is 0 Å². The van der Waals surface area contributed by atoms with Crippen molar-refractivity contribution in [3.8, 4) is 11.5 Å². The minimum Gasteiger partial charge on any atom is -0.507 e. The van der Waals surface area contributed by atoms with Crippen molar-refractivity contribution in [2.24, 2.45) is 20.5 Å². The highest BCUT2D eigenvalue weighted by Gasteiger charge is 2.14. The van der Waals surface area contributed by atoms with Crippen LogP contribution in [-0.2, 0) is 73.8 Å². The van der Waals surface area contributed by atoms with Gasteiger partial charge in [-0.05, 0) is 48.5 Å². The van der Waals surface area contributed by atoms with E-state index in [4.69, 9.17) is 47.4 Å². The first-order chi connectivity index (χ1) is 32.3. The molecule has 0 amide bonds. The zero-order chi connectivity index (χ0) is 46.6. The highest BCUT2D eigenvalue weighted by atomic mass is 16.6. The van der Waals surface area contributed by atoms with Gasteiger partial charge in [0.25, 0.3) is 11.4 Å². The van der Waals surface area contributed by atoms with Gasteiger partial charge in [0.2, 0.25) is 0 Å². The third-order valence-electron chi connectivity index (χ3n) is 9.19. The van der Waals surface area contributed by atoms with Gasteiger partial charge in [0.05, 0.1) is 165 Å². The van der Waals surface area contributed by atoms with E-state index in [1.54, 1.807) is 24.3 Å². The van der Waals surface area contributed by atoms with E-state index in [0.717, 1.165) is 0 Å². The molecule has 66 heavy (non-hydrogen) atoms. The molecule has 5 rings (SSSR count). The first-order valence-corrected chi connectivity index (χ1v) is 21.1. The van der Waals surface area contributed by atoms with E-state index in [-0.39, 0.29) is 102 Å². The van der Waals surface area contributed by atoms with Gasteiger partial charge < -0.3 is 57.6 Å². The molecule has 22 heteroatoms. The summed E-state index contributed by atoms with van der Waals surface area (Å²) < 4.78 is 56.8. The van der Waals surface area contributed by atoms with E-state index < -0.39 is 9.85 Å². The van der Waals surface area contributed by atoms with Crippen molar-refractivity contribution in [2.45, 2.75) is 26.4 Å². The molecule has 0 unspecified atom stereocenters. The molecule has 0 saturated carbocycles. The Kier molecular flexibility index (Phi) is 22.9. The van der Waals surface area contributed by atoms with Crippen LogP contribution in [0.2, 0.25) is 0 Å². The molecular formula is C44H54N6O16. The van der Waals surface area contributed by atoms with Gasteiger partial charge in [0, 0.05) is 46.5 Å². The molecule has 22 nitrogen and oxygen atoms in total. The van der Waals surface area contributed by atoms with E-state index in [1.165, 1.54) is 48.5 Å². The Morgan fingerprint density at radius 1 is 0.348 bits per heavy atom. The average molecular weight is 923 g/mol. The standard InChI is InChI=1S/C44H54N6O16/c51-43-33-25-39(47-45-37-1-5-41(6-2-37)49(53)54)26-34(43)30-64-22-18-60-14-10-58-12-16-62-20-24-66-32-36-28-40(48-46-38-3-7-42(8-4-38)50(55)56)27-35(44(36)52)31-65-23-19-61-15-11-57-9-13-59-17-21-63-29-33/h1-8,25-28,51-52H,9-24,29-32H2/b47-45+,48-46+. The van der Waals surface area contributed by atoms with Gasteiger partial charge in [-0.25, -0.2) is 0 Å². The predicted octanol–water partition coefficient (Wildman–Crippen LogP) is 7.62. The fraction of sp³-hybridized carbons (Fsp3) is 0.455. The Morgan fingerprint density at radius 3 is 0.788 bits per heavy atom. The van der Waals surface area contributed by atoms with Crippen LogP contribution in [0.15, 0.2) is 93.3 Å². The number of hydrogen-bond acceptors (Lipinski definition) is 20. The smallest absolute Gasteiger partial charge is 0.269 e. The molecule has 0 aliphatic carbocycles. The third kappa shape index (κ3) is 18.9. The van der Waals surface area contributed by atoms with E-state index >= 15 is 0 Å². The van der Waals surface area contributed by atoms with Crippen molar-refractivity contribution in [3.63, 3.8) is 0 Å². The number of nitro groups is 2. The molecule has 0 atom stereocenters. The number of rotatable bonds is 6. The van der Waals surface area contributed by atoms with Gasteiger partial charge in [-0.15, -0.1) is 0 Å². The second kappa shape index (κ2) is 29.6. The normalized spacial score (nSPS) is 17.3. The number of nitro benzene ring substituents is 2. The van der Waals surface area contributed by atoms with E-state index in [9.17, 15) is 30.4 Å². The number of phenols is 2. The SMILES string of the molecule is O=[N+]([O-])c1ccc(/N=N/c2cc3c(O)c(c2)COCCOCCOCCOCCOCc2cc(/N=N/c4ccc([N+](=O)[O-])cc4)cc(c2O)COCCOCCOCCOCCOC3)cc1. The summed E-state index contributed by atoms with van der Waals surface area (Å²) in [6.07, 6.45) is 0. The molecule has 1 aliphatic rings. The predicted molar refractivity (Wildman–Crippen MR) is 234 cm³/mol. The maximum atomic E-state index is 11.1. The summed E-state index contributed by atoms with van der Waals surface area (Å²) in [5.74, 6) is -0.0193. The first kappa shape index (κ1) is 51.1. The number of fused-ring (bicyclic) bond motifs is 4. The molecule has 0 fully saturated rings. The van der Waals surface area contributed by atoms with Gasteiger partial charge in [0.1, 0.15) is 11.5 Å². The Labute approximate surface area is 380 Å². The molecule has 356 valence electrons. The maximum absolute atomic E-state index is 11.1. The van der Waals surface area contributed by atoms with Crippen LogP contribution in [0.25, 0.3) is 0 Å². The van der Waals surface area contributed by atoms with Crippen molar-refractivity contribution < 1.29 is 67.4 Å². The van der Waals surface area contributed by atoms with Crippen molar-refractivity contribution in [1.29, 1.82) is 0 Å². The first-order valence-electron chi connectivity index (χ1n) is 21.1. The van der Waals surface area contributed by atoms with E-state index in [0.29, 0.717) is 97.9 Å². The molecule has 1 aliphatic heterocycles. The number of azo groups is 2. The molecule has 4 aromatic carbocycles. The van der Waals surface area contributed by atoms with Gasteiger partial charge in [0.15, 0.2) is 0 Å². The summed E-state index contributed by atoms with van der Waals surface area (Å²) in [5, 5.41) is 61.1. The fourth-order valence-electron chi connectivity index (χ4n) is 5.84. The summed E-state index contributed by atoms with van der Waals surface area (Å²) in [5.41, 5.74) is 3.36. The van der Waals surface area contributed by atoms with Crippen molar-refractivity contribution in [2.75, 3.05) is 106 Å². The fourth-order valence-corrected chi connectivity index (χ4v) is 5.84. The van der Waals surface area contributed by atoms with Crippen LogP contribution in [0.1, 0.15) is 22.3 Å². The van der Waals surface area contributed by atoms with Gasteiger partial charge in [-0.2, -0.15) is 20.5 Å².